The Morgan fingerprint density at radius 2 is 1.46 bits per heavy atom. The minimum absolute atomic E-state index is 0.00818. The molecule has 0 saturated carbocycles. The number of nitrogens with one attached hydrogen (secondary N) is 2. The molecule has 0 bridgehead atoms. The third kappa shape index (κ3) is 6.84. The van der Waals surface area contributed by atoms with E-state index in [1.54, 1.807) is 0 Å². The van der Waals surface area contributed by atoms with Crippen LogP contribution in [0, 0.1) is 0 Å². The second-order valence-electron chi connectivity index (χ2n) is 5.49. The van der Waals surface area contributed by atoms with Crippen molar-refractivity contribution in [3.05, 3.63) is 70.7 Å². The summed E-state index contributed by atoms with van der Waals surface area (Å²) in [4.78, 5) is 23.5. The van der Waals surface area contributed by atoms with Crippen molar-refractivity contribution in [3.63, 3.8) is 0 Å². The first-order valence-electron chi connectivity index (χ1n) is 7.95. The largest absolute Gasteiger partial charge is 0.354 e. The summed E-state index contributed by atoms with van der Waals surface area (Å²) >= 11 is 5.82. The zero-order valence-corrected chi connectivity index (χ0v) is 14.2. The number of carbonyl (C=O) groups is 2. The summed E-state index contributed by atoms with van der Waals surface area (Å²) in [5, 5.41) is 6.12. The normalized spacial score (nSPS) is 10.2. The van der Waals surface area contributed by atoms with E-state index in [-0.39, 0.29) is 18.4 Å². The van der Waals surface area contributed by atoms with E-state index in [2.05, 4.69) is 10.6 Å². The standard InChI is InChI=1S/C19H21ClN2O2/c20-17-9-6-16(7-10-17)12-13-21-19(24)14-22-18(23)11-8-15-4-2-1-3-5-15/h1-7,9-10H,8,11-14H2,(H,21,24)(H,22,23). The molecule has 0 aliphatic heterocycles. The summed E-state index contributed by atoms with van der Waals surface area (Å²) in [7, 11) is 0. The highest BCUT2D eigenvalue weighted by molar-refractivity contribution is 6.30. The van der Waals surface area contributed by atoms with Gasteiger partial charge in [0.15, 0.2) is 0 Å². The molecule has 0 radical (unpaired) electrons. The summed E-state index contributed by atoms with van der Waals surface area (Å²) in [6, 6.07) is 17.3. The molecule has 2 aromatic rings. The molecule has 0 atom stereocenters. The van der Waals surface area contributed by atoms with Gasteiger partial charge in [-0.2, -0.15) is 0 Å². The van der Waals surface area contributed by atoms with Crippen LogP contribution in [0.1, 0.15) is 17.5 Å². The van der Waals surface area contributed by atoms with Gasteiger partial charge in [-0.3, -0.25) is 9.59 Å². The van der Waals surface area contributed by atoms with E-state index in [1.165, 1.54) is 0 Å². The Hall–Kier alpha value is -2.33. The van der Waals surface area contributed by atoms with Crippen molar-refractivity contribution in [3.8, 4) is 0 Å². The first-order valence-corrected chi connectivity index (χ1v) is 8.33. The van der Waals surface area contributed by atoms with Crippen molar-refractivity contribution in [2.75, 3.05) is 13.1 Å². The van der Waals surface area contributed by atoms with Gasteiger partial charge in [0.1, 0.15) is 0 Å². The van der Waals surface area contributed by atoms with E-state index >= 15 is 0 Å². The van der Waals surface area contributed by atoms with Gasteiger partial charge in [0.2, 0.25) is 11.8 Å². The molecule has 0 heterocycles. The number of hydrogen-bond donors (Lipinski definition) is 2. The van der Waals surface area contributed by atoms with Crippen LogP contribution in [0.3, 0.4) is 0 Å². The molecule has 2 rings (SSSR count). The topological polar surface area (TPSA) is 58.2 Å². The minimum Gasteiger partial charge on any atom is -0.354 e. The van der Waals surface area contributed by atoms with Gasteiger partial charge in [-0.05, 0) is 36.1 Å². The number of carbonyl (C=O) groups excluding carboxylic acids is 2. The molecule has 4 nitrogen and oxygen atoms in total. The Labute approximate surface area is 147 Å². The van der Waals surface area contributed by atoms with Gasteiger partial charge in [-0.25, -0.2) is 0 Å². The van der Waals surface area contributed by atoms with Gasteiger partial charge in [-0.15, -0.1) is 0 Å². The van der Waals surface area contributed by atoms with Gasteiger partial charge < -0.3 is 10.6 Å². The average Bonchev–Trinajstić information content (AvgIpc) is 2.61. The van der Waals surface area contributed by atoms with Crippen molar-refractivity contribution in [2.45, 2.75) is 19.3 Å². The fourth-order valence-corrected chi connectivity index (χ4v) is 2.36. The van der Waals surface area contributed by atoms with Crippen LogP contribution in [-0.4, -0.2) is 24.9 Å². The van der Waals surface area contributed by atoms with E-state index < -0.39 is 0 Å². The van der Waals surface area contributed by atoms with E-state index in [0.29, 0.717) is 24.4 Å². The number of hydrogen-bond acceptors (Lipinski definition) is 2. The maximum atomic E-state index is 11.7. The Bertz CT molecular complexity index is 657. The highest BCUT2D eigenvalue weighted by Gasteiger charge is 2.05. The van der Waals surface area contributed by atoms with Crippen LogP contribution < -0.4 is 10.6 Å². The van der Waals surface area contributed by atoms with Crippen molar-refractivity contribution >= 4 is 23.4 Å². The number of aryl methyl sites for hydroxylation is 1. The van der Waals surface area contributed by atoms with Crippen LogP contribution in [0.5, 0.6) is 0 Å². The zero-order chi connectivity index (χ0) is 17.2. The molecule has 0 aliphatic rings. The molecule has 0 aromatic heterocycles. The summed E-state index contributed by atoms with van der Waals surface area (Å²) in [5.74, 6) is -0.302. The third-order valence-electron chi connectivity index (χ3n) is 3.58. The molecule has 24 heavy (non-hydrogen) atoms. The summed E-state index contributed by atoms with van der Waals surface area (Å²) in [6.45, 7) is 0.536. The van der Waals surface area contributed by atoms with Crippen molar-refractivity contribution < 1.29 is 9.59 Å². The highest BCUT2D eigenvalue weighted by atomic mass is 35.5. The quantitative estimate of drug-likeness (QED) is 0.773. The lowest BCUT2D eigenvalue weighted by Crippen LogP contribution is -2.37. The molecule has 0 unspecified atom stereocenters. The van der Waals surface area contributed by atoms with Crippen molar-refractivity contribution in [1.29, 1.82) is 0 Å². The van der Waals surface area contributed by atoms with Gasteiger partial charge in [0, 0.05) is 18.0 Å². The Balaban J connectivity index is 1.58. The molecule has 2 N–H and O–H groups in total. The van der Waals surface area contributed by atoms with Crippen LogP contribution in [-0.2, 0) is 22.4 Å². The highest BCUT2D eigenvalue weighted by Crippen LogP contribution is 2.09. The molecule has 2 amide bonds. The first kappa shape index (κ1) is 18.0. The maximum absolute atomic E-state index is 11.7. The second-order valence-corrected chi connectivity index (χ2v) is 5.93. The predicted molar refractivity (Wildman–Crippen MR) is 95.9 cm³/mol. The molecule has 0 saturated heterocycles. The lowest BCUT2D eigenvalue weighted by molar-refractivity contribution is -0.126. The van der Waals surface area contributed by atoms with Gasteiger partial charge in [0.05, 0.1) is 6.54 Å². The van der Waals surface area contributed by atoms with Crippen LogP contribution in [0.4, 0.5) is 0 Å². The molecule has 5 heteroatoms. The van der Waals surface area contributed by atoms with Crippen LogP contribution in [0.25, 0.3) is 0 Å². The summed E-state index contributed by atoms with van der Waals surface area (Å²) in [6.07, 6.45) is 1.78. The van der Waals surface area contributed by atoms with E-state index in [1.807, 2.05) is 54.6 Å². The molecular weight excluding hydrogens is 324 g/mol. The number of amides is 2. The molecule has 0 fully saturated rings. The summed E-state index contributed by atoms with van der Waals surface area (Å²) < 4.78 is 0. The lowest BCUT2D eigenvalue weighted by atomic mass is 10.1. The van der Waals surface area contributed by atoms with Crippen molar-refractivity contribution in [2.24, 2.45) is 0 Å². The Kier molecular flexibility index (Phi) is 7.30. The number of rotatable bonds is 8. The predicted octanol–water partition coefficient (Wildman–Crippen LogP) is 2.75. The number of benzene rings is 2. The third-order valence-corrected chi connectivity index (χ3v) is 3.83. The lowest BCUT2D eigenvalue weighted by Gasteiger charge is -2.07. The first-order chi connectivity index (χ1) is 11.6. The Morgan fingerprint density at radius 3 is 2.17 bits per heavy atom. The van der Waals surface area contributed by atoms with Gasteiger partial charge >= 0.3 is 0 Å². The average molecular weight is 345 g/mol. The minimum atomic E-state index is -0.183. The Morgan fingerprint density at radius 1 is 0.792 bits per heavy atom. The van der Waals surface area contributed by atoms with E-state index in [0.717, 1.165) is 17.5 Å². The van der Waals surface area contributed by atoms with E-state index in [9.17, 15) is 9.59 Å². The molecular formula is C19H21ClN2O2. The fraction of sp³-hybridized carbons (Fsp3) is 0.263. The molecule has 0 spiro atoms. The molecule has 126 valence electrons. The molecule has 0 aliphatic carbocycles. The van der Waals surface area contributed by atoms with Gasteiger partial charge in [-0.1, -0.05) is 54.1 Å². The second kappa shape index (κ2) is 9.73. The van der Waals surface area contributed by atoms with Crippen LogP contribution in [0.2, 0.25) is 5.02 Å². The summed E-state index contributed by atoms with van der Waals surface area (Å²) in [5.41, 5.74) is 2.21. The van der Waals surface area contributed by atoms with Gasteiger partial charge in [0.25, 0.3) is 0 Å². The zero-order valence-electron chi connectivity index (χ0n) is 13.4. The van der Waals surface area contributed by atoms with Crippen molar-refractivity contribution in [1.82, 2.24) is 10.6 Å². The van der Waals surface area contributed by atoms with E-state index in [4.69, 9.17) is 11.6 Å². The fourth-order valence-electron chi connectivity index (χ4n) is 2.23. The van der Waals surface area contributed by atoms with Crippen LogP contribution >= 0.6 is 11.6 Å². The van der Waals surface area contributed by atoms with Crippen LogP contribution in [0.15, 0.2) is 54.6 Å². The maximum Gasteiger partial charge on any atom is 0.239 e. The number of halogens is 1. The smallest absolute Gasteiger partial charge is 0.239 e. The monoisotopic (exact) mass is 344 g/mol. The molecule has 2 aromatic carbocycles. The SMILES string of the molecule is O=C(CCc1ccccc1)NCC(=O)NCCc1ccc(Cl)cc1.